The van der Waals surface area contributed by atoms with E-state index in [2.05, 4.69) is 4.98 Å². The molecule has 1 fully saturated rings. The number of carbonyl (C=O) groups excluding carboxylic acids is 1. The van der Waals surface area contributed by atoms with Gasteiger partial charge in [-0.15, -0.1) is 11.3 Å². The highest BCUT2D eigenvalue weighted by atomic mass is 32.1. The number of likely N-dealkylation sites (tertiary alicyclic amines) is 1. The Morgan fingerprint density at radius 3 is 3.05 bits per heavy atom. The van der Waals surface area contributed by atoms with Crippen molar-refractivity contribution in [3.05, 3.63) is 15.6 Å². The molecule has 1 aromatic heterocycles. The molecule has 1 amide bonds. The average Bonchev–Trinajstić information content (AvgIpc) is 2.79. The molecule has 1 saturated heterocycles. The van der Waals surface area contributed by atoms with Gasteiger partial charge >= 0.3 is 0 Å². The Labute approximate surface area is 117 Å². The van der Waals surface area contributed by atoms with Gasteiger partial charge < -0.3 is 14.7 Å². The summed E-state index contributed by atoms with van der Waals surface area (Å²) in [6, 6.07) is -0.0476. The first-order chi connectivity index (χ1) is 9.17. The lowest BCUT2D eigenvalue weighted by atomic mass is 10.0. The number of carbonyl (C=O) groups is 1. The van der Waals surface area contributed by atoms with Gasteiger partial charge in [-0.25, -0.2) is 4.98 Å². The molecule has 1 aliphatic rings. The maximum absolute atomic E-state index is 12.6. The smallest absolute Gasteiger partial charge is 0.266 e. The minimum absolute atomic E-state index is 0.00361. The van der Waals surface area contributed by atoms with E-state index in [1.54, 1.807) is 12.0 Å². The summed E-state index contributed by atoms with van der Waals surface area (Å²) >= 11 is 1.39. The van der Waals surface area contributed by atoms with Gasteiger partial charge in [-0.3, -0.25) is 4.79 Å². The van der Waals surface area contributed by atoms with Crippen molar-refractivity contribution < 1.29 is 14.6 Å². The van der Waals surface area contributed by atoms with Gasteiger partial charge in [-0.1, -0.05) is 0 Å². The van der Waals surface area contributed by atoms with Gasteiger partial charge in [-0.2, -0.15) is 0 Å². The first-order valence-electron chi connectivity index (χ1n) is 6.54. The molecule has 1 aliphatic heterocycles. The Balaban J connectivity index is 2.17. The van der Waals surface area contributed by atoms with Gasteiger partial charge in [-0.05, 0) is 26.2 Å². The predicted molar refractivity (Wildman–Crippen MR) is 73.3 cm³/mol. The summed E-state index contributed by atoms with van der Waals surface area (Å²) in [6.07, 6.45) is 2.96. The molecule has 0 saturated carbocycles. The Morgan fingerprint density at radius 1 is 1.58 bits per heavy atom. The number of aromatic nitrogens is 1. The van der Waals surface area contributed by atoms with Crippen LogP contribution in [0.15, 0.2) is 0 Å². The molecule has 1 N–H and O–H groups in total. The second-order valence-electron chi connectivity index (χ2n) is 4.79. The van der Waals surface area contributed by atoms with Gasteiger partial charge in [0.05, 0.1) is 24.9 Å². The number of aryl methyl sites for hydroxylation is 1. The highest BCUT2D eigenvalue weighted by Crippen LogP contribution is 2.25. The predicted octanol–water partition coefficient (Wildman–Crippen LogP) is 1.58. The minimum Gasteiger partial charge on any atom is -0.394 e. The molecule has 19 heavy (non-hydrogen) atoms. The third kappa shape index (κ3) is 3.13. The standard InChI is InChI=1S/C13H20N2O3S/c1-9-12(19-11(14-9)8-18-2)13(17)15-6-4-3-5-10(15)7-16/h10,16H,3-8H2,1-2H3. The van der Waals surface area contributed by atoms with Crippen LogP contribution in [0.25, 0.3) is 0 Å². The van der Waals surface area contributed by atoms with Gasteiger partial charge in [0.2, 0.25) is 0 Å². The van der Waals surface area contributed by atoms with Gasteiger partial charge in [0.25, 0.3) is 5.91 Å². The van der Waals surface area contributed by atoms with E-state index in [1.165, 1.54) is 11.3 Å². The number of hydrogen-bond acceptors (Lipinski definition) is 5. The Kier molecular flexibility index (Phi) is 4.90. The SMILES string of the molecule is COCc1nc(C)c(C(=O)N2CCCCC2CO)s1. The van der Waals surface area contributed by atoms with Crippen LogP contribution in [0.5, 0.6) is 0 Å². The molecule has 5 nitrogen and oxygen atoms in total. The lowest BCUT2D eigenvalue weighted by molar-refractivity contribution is 0.0507. The maximum atomic E-state index is 12.6. The van der Waals surface area contributed by atoms with E-state index in [1.807, 2.05) is 6.92 Å². The van der Waals surface area contributed by atoms with Crippen LogP contribution in [0.2, 0.25) is 0 Å². The van der Waals surface area contributed by atoms with Crippen LogP contribution in [-0.2, 0) is 11.3 Å². The second kappa shape index (κ2) is 6.45. The third-order valence-electron chi connectivity index (χ3n) is 3.40. The minimum atomic E-state index is -0.0476. The highest BCUT2D eigenvalue weighted by molar-refractivity contribution is 7.13. The van der Waals surface area contributed by atoms with Crippen LogP contribution in [0.3, 0.4) is 0 Å². The monoisotopic (exact) mass is 284 g/mol. The van der Waals surface area contributed by atoms with E-state index in [-0.39, 0.29) is 18.6 Å². The van der Waals surface area contributed by atoms with Gasteiger partial charge in [0, 0.05) is 13.7 Å². The highest BCUT2D eigenvalue weighted by Gasteiger charge is 2.29. The Morgan fingerprint density at radius 2 is 2.37 bits per heavy atom. The molecule has 0 aliphatic carbocycles. The first-order valence-corrected chi connectivity index (χ1v) is 7.36. The Bertz CT molecular complexity index is 447. The normalized spacial score (nSPS) is 19.7. The quantitative estimate of drug-likeness (QED) is 0.912. The number of piperidine rings is 1. The number of hydrogen-bond donors (Lipinski definition) is 1. The zero-order valence-corrected chi connectivity index (χ0v) is 12.2. The van der Waals surface area contributed by atoms with E-state index in [0.29, 0.717) is 11.5 Å². The topological polar surface area (TPSA) is 62.7 Å². The molecule has 6 heteroatoms. The number of aliphatic hydroxyl groups excluding tert-OH is 1. The molecule has 1 unspecified atom stereocenters. The summed E-state index contributed by atoms with van der Waals surface area (Å²) in [5, 5.41) is 10.2. The summed E-state index contributed by atoms with van der Waals surface area (Å²) in [4.78, 5) is 19.4. The van der Waals surface area contributed by atoms with Crippen LogP contribution in [-0.4, -0.2) is 47.2 Å². The summed E-state index contributed by atoms with van der Waals surface area (Å²) < 4.78 is 5.05. The molecule has 1 atom stereocenters. The molecule has 0 aromatic carbocycles. The molecular weight excluding hydrogens is 264 g/mol. The fourth-order valence-electron chi connectivity index (χ4n) is 2.42. The zero-order valence-electron chi connectivity index (χ0n) is 11.4. The van der Waals surface area contributed by atoms with Crippen molar-refractivity contribution in [3.63, 3.8) is 0 Å². The number of amides is 1. The lowest BCUT2D eigenvalue weighted by Gasteiger charge is -2.34. The molecule has 0 bridgehead atoms. The van der Waals surface area contributed by atoms with Crippen molar-refractivity contribution in [1.29, 1.82) is 0 Å². The summed E-state index contributed by atoms with van der Waals surface area (Å²) in [7, 11) is 1.62. The van der Waals surface area contributed by atoms with E-state index in [9.17, 15) is 9.90 Å². The lowest BCUT2D eigenvalue weighted by Crippen LogP contribution is -2.45. The van der Waals surface area contributed by atoms with Crippen molar-refractivity contribution >= 4 is 17.2 Å². The molecular formula is C13H20N2O3S. The van der Waals surface area contributed by atoms with Crippen LogP contribution >= 0.6 is 11.3 Å². The molecule has 1 aromatic rings. The molecule has 106 valence electrons. The zero-order chi connectivity index (χ0) is 13.8. The Hall–Kier alpha value is -0.980. The van der Waals surface area contributed by atoms with Crippen molar-refractivity contribution in [2.45, 2.75) is 38.8 Å². The number of nitrogens with zero attached hydrogens (tertiary/aromatic N) is 2. The first kappa shape index (κ1) is 14.4. The van der Waals surface area contributed by atoms with Gasteiger partial charge in [0.15, 0.2) is 0 Å². The summed E-state index contributed by atoms with van der Waals surface area (Å²) in [5.74, 6) is -0.00361. The molecule has 2 heterocycles. The number of methoxy groups -OCH3 is 1. The summed E-state index contributed by atoms with van der Waals surface area (Å²) in [5.41, 5.74) is 0.754. The molecule has 0 radical (unpaired) electrons. The van der Waals surface area contributed by atoms with E-state index in [0.717, 1.165) is 36.5 Å². The molecule has 2 rings (SSSR count). The van der Waals surface area contributed by atoms with Crippen LogP contribution in [0.4, 0.5) is 0 Å². The van der Waals surface area contributed by atoms with Crippen molar-refractivity contribution in [2.24, 2.45) is 0 Å². The van der Waals surface area contributed by atoms with Crippen molar-refractivity contribution in [2.75, 3.05) is 20.3 Å². The third-order valence-corrected chi connectivity index (χ3v) is 4.52. The number of thiazole rings is 1. The number of aliphatic hydroxyl groups is 1. The fourth-order valence-corrected chi connectivity index (χ4v) is 3.42. The fraction of sp³-hybridized carbons (Fsp3) is 0.692. The largest absolute Gasteiger partial charge is 0.394 e. The maximum Gasteiger partial charge on any atom is 0.266 e. The van der Waals surface area contributed by atoms with Crippen LogP contribution in [0, 0.1) is 6.92 Å². The van der Waals surface area contributed by atoms with Crippen molar-refractivity contribution in [3.8, 4) is 0 Å². The van der Waals surface area contributed by atoms with Gasteiger partial charge in [0.1, 0.15) is 9.88 Å². The van der Waals surface area contributed by atoms with E-state index >= 15 is 0 Å². The van der Waals surface area contributed by atoms with Crippen LogP contribution in [0.1, 0.15) is 39.6 Å². The van der Waals surface area contributed by atoms with Crippen molar-refractivity contribution in [1.82, 2.24) is 9.88 Å². The second-order valence-corrected chi connectivity index (χ2v) is 5.87. The van der Waals surface area contributed by atoms with E-state index < -0.39 is 0 Å². The average molecular weight is 284 g/mol. The van der Waals surface area contributed by atoms with Crippen LogP contribution < -0.4 is 0 Å². The molecule has 0 spiro atoms. The number of rotatable bonds is 4. The number of ether oxygens (including phenoxy) is 1. The van der Waals surface area contributed by atoms with E-state index in [4.69, 9.17) is 4.74 Å². The summed E-state index contributed by atoms with van der Waals surface area (Å²) in [6.45, 7) is 3.04.